The number of hydrogen-bond acceptors (Lipinski definition) is 1. The molecule has 0 saturated carbocycles. The Morgan fingerprint density at radius 3 is 2.23 bits per heavy atom. The molecule has 0 aromatic rings. The van der Waals surface area contributed by atoms with Crippen molar-refractivity contribution in [3.8, 4) is 11.5 Å². The molecule has 0 saturated heterocycles. The van der Waals surface area contributed by atoms with Crippen LogP contribution in [0.2, 0.25) is 19.6 Å². The van der Waals surface area contributed by atoms with E-state index < -0.39 is 8.07 Å². The van der Waals surface area contributed by atoms with Crippen molar-refractivity contribution >= 4 is 8.07 Å². The fraction of sp³-hybridized carbons (Fsp3) is 0.818. The Hall–Kier alpha value is -0.263. The van der Waals surface area contributed by atoms with Crippen LogP contribution in [0.4, 0.5) is 0 Å². The van der Waals surface area contributed by atoms with E-state index >= 15 is 0 Å². The predicted molar refractivity (Wildman–Crippen MR) is 63.2 cm³/mol. The zero-order chi connectivity index (χ0) is 10.5. The van der Waals surface area contributed by atoms with Crippen LogP contribution in [0.15, 0.2) is 0 Å². The summed E-state index contributed by atoms with van der Waals surface area (Å²) in [5.41, 5.74) is 9.28. The second kappa shape index (κ2) is 5.46. The molecule has 76 valence electrons. The van der Waals surface area contributed by atoms with Gasteiger partial charge in [0.15, 0.2) is 0 Å². The molecular weight excluding hydrogens is 174 g/mol. The lowest BCUT2D eigenvalue weighted by molar-refractivity contribution is 0.484. The maximum atomic E-state index is 5.96. The molecule has 1 unspecified atom stereocenters. The third kappa shape index (κ3) is 6.86. The van der Waals surface area contributed by atoms with Crippen LogP contribution < -0.4 is 5.73 Å². The van der Waals surface area contributed by atoms with Gasteiger partial charge in [0.25, 0.3) is 0 Å². The quantitative estimate of drug-likeness (QED) is 0.546. The molecule has 0 aliphatic heterocycles. The Morgan fingerprint density at radius 1 is 1.31 bits per heavy atom. The summed E-state index contributed by atoms with van der Waals surface area (Å²) >= 11 is 0. The third-order valence-corrected chi connectivity index (χ3v) is 2.87. The van der Waals surface area contributed by atoms with Crippen molar-refractivity contribution in [1.82, 2.24) is 0 Å². The highest BCUT2D eigenvalue weighted by molar-refractivity contribution is 6.83. The molecule has 2 N–H and O–H groups in total. The van der Waals surface area contributed by atoms with Crippen LogP contribution in [0.25, 0.3) is 0 Å². The molecule has 0 amide bonds. The van der Waals surface area contributed by atoms with Crippen molar-refractivity contribution in [1.29, 1.82) is 0 Å². The van der Waals surface area contributed by atoms with Gasteiger partial charge in [0.1, 0.15) is 8.07 Å². The largest absolute Gasteiger partial charge is 0.317 e. The van der Waals surface area contributed by atoms with Crippen LogP contribution in [0.3, 0.4) is 0 Å². The Morgan fingerprint density at radius 2 is 1.85 bits per heavy atom. The molecule has 0 rings (SSSR count). The van der Waals surface area contributed by atoms with E-state index in [4.69, 9.17) is 5.73 Å². The molecular formula is C11H23NSi. The molecule has 0 heterocycles. The normalized spacial score (nSPS) is 15.8. The average Bonchev–Trinajstić information content (AvgIpc) is 1.99. The summed E-state index contributed by atoms with van der Waals surface area (Å²) in [7, 11) is -1.23. The van der Waals surface area contributed by atoms with Gasteiger partial charge in [-0.05, 0) is 12.3 Å². The molecule has 0 spiro atoms. The van der Waals surface area contributed by atoms with Gasteiger partial charge in [0.05, 0.1) is 6.04 Å². The van der Waals surface area contributed by atoms with Crippen molar-refractivity contribution in [3.05, 3.63) is 0 Å². The van der Waals surface area contributed by atoms with Crippen LogP contribution in [0.1, 0.15) is 26.7 Å². The van der Waals surface area contributed by atoms with Crippen molar-refractivity contribution in [2.45, 2.75) is 52.4 Å². The summed E-state index contributed by atoms with van der Waals surface area (Å²) in [4.78, 5) is 0. The van der Waals surface area contributed by atoms with Gasteiger partial charge in [0.2, 0.25) is 0 Å². The Labute approximate surface area is 84.1 Å². The highest BCUT2D eigenvalue weighted by atomic mass is 28.3. The molecule has 0 aliphatic carbocycles. The molecule has 2 heteroatoms. The first-order chi connectivity index (χ1) is 5.87. The topological polar surface area (TPSA) is 26.0 Å². The lowest BCUT2D eigenvalue weighted by atomic mass is 9.99. The van der Waals surface area contributed by atoms with Gasteiger partial charge in [-0.1, -0.05) is 45.8 Å². The lowest BCUT2D eigenvalue weighted by Crippen LogP contribution is -2.28. The fourth-order valence-electron chi connectivity index (χ4n) is 1.08. The summed E-state index contributed by atoms with van der Waals surface area (Å²) in [6.07, 6.45) is 2.38. The molecule has 1 nitrogen and oxygen atoms in total. The van der Waals surface area contributed by atoms with Crippen molar-refractivity contribution in [2.24, 2.45) is 11.7 Å². The minimum atomic E-state index is -1.23. The minimum absolute atomic E-state index is 0.0756. The summed E-state index contributed by atoms with van der Waals surface area (Å²) in [5.74, 6) is 3.73. The molecule has 0 radical (unpaired) electrons. The first kappa shape index (κ1) is 12.7. The SMILES string of the molecule is CCCC(C)[C@@H](N)C#C[Si](C)(C)C. The van der Waals surface area contributed by atoms with E-state index in [0.717, 1.165) is 0 Å². The standard InChI is InChI=1S/C11H23NSi/c1-6-7-10(2)11(12)8-9-13(3,4)5/h10-11H,6-7,12H2,1-5H3/t10?,11-/m0/s1. The van der Waals surface area contributed by atoms with Crippen molar-refractivity contribution in [3.63, 3.8) is 0 Å². The van der Waals surface area contributed by atoms with Crippen LogP contribution in [0.5, 0.6) is 0 Å². The van der Waals surface area contributed by atoms with E-state index in [-0.39, 0.29) is 6.04 Å². The second-order valence-electron chi connectivity index (χ2n) is 4.81. The number of nitrogens with two attached hydrogens (primary N) is 1. The van der Waals surface area contributed by atoms with Crippen LogP contribution >= 0.6 is 0 Å². The third-order valence-electron chi connectivity index (χ3n) is 1.97. The predicted octanol–water partition coefficient (Wildman–Crippen LogP) is 2.63. The first-order valence-electron chi connectivity index (χ1n) is 5.15. The zero-order valence-electron chi connectivity index (χ0n) is 9.65. The summed E-state index contributed by atoms with van der Waals surface area (Å²) < 4.78 is 0. The Balaban J connectivity index is 4.10. The van der Waals surface area contributed by atoms with Gasteiger partial charge in [-0.3, -0.25) is 0 Å². The Kier molecular flexibility index (Phi) is 5.35. The van der Waals surface area contributed by atoms with Gasteiger partial charge in [-0.2, -0.15) is 0 Å². The van der Waals surface area contributed by atoms with Crippen molar-refractivity contribution in [2.75, 3.05) is 0 Å². The van der Waals surface area contributed by atoms with Gasteiger partial charge >= 0.3 is 0 Å². The van der Waals surface area contributed by atoms with Gasteiger partial charge in [-0.25, -0.2) is 0 Å². The molecule has 0 bridgehead atoms. The second-order valence-corrected chi connectivity index (χ2v) is 9.56. The lowest BCUT2D eigenvalue weighted by Gasteiger charge is -2.14. The van der Waals surface area contributed by atoms with Crippen LogP contribution in [0, 0.1) is 17.4 Å². The first-order valence-corrected chi connectivity index (χ1v) is 8.65. The maximum absolute atomic E-state index is 5.96. The van der Waals surface area contributed by atoms with Gasteiger partial charge < -0.3 is 5.73 Å². The van der Waals surface area contributed by atoms with Crippen LogP contribution in [-0.4, -0.2) is 14.1 Å². The molecule has 0 aromatic carbocycles. The summed E-state index contributed by atoms with van der Waals surface area (Å²) in [5, 5.41) is 0. The molecule has 13 heavy (non-hydrogen) atoms. The van der Waals surface area contributed by atoms with E-state index in [1.54, 1.807) is 0 Å². The van der Waals surface area contributed by atoms with E-state index in [1.807, 2.05) is 0 Å². The smallest absolute Gasteiger partial charge is 0.129 e. The zero-order valence-corrected chi connectivity index (χ0v) is 10.6. The Bertz CT molecular complexity index is 194. The monoisotopic (exact) mass is 197 g/mol. The highest BCUT2D eigenvalue weighted by Gasteiger charge is 2.11. The highest BCUT2D eigenvalue weighted by Crippen LogP contribution is 2.08. The molecule has 2 atom stereocenters. The van der Waals surface area contributed by atoms with Crippen LogP contribution in [-0.2, 0) is 0 Å². The van der Waals surface area contributed by atoms with Gasteiger partial charge in [0, 0.05) is 0 Å². The van der Waals surface area contributed by atoms with Gasteiger partial charge in [-0.15, -0.1) is 5.54 Å². The van der Waals surface area contributed by atoms with E-state index in [1.165, 1.54) is 12.8 Å². The summed E-state index contributed by atoms with van der Waals surface area (Å²) in [6.45, 7) is 11.1. The van der Waals surface area contributed by atoms with E-state index in [0.29, 0.717) is 5.92 Å². The molecule has 0 aromatic heterocycles. The molecule has 0 fully saturated rings. The van der Waals surface area contributed by atoms with Crippen molar-refractivity contribution < 1.29 is 0 Å². The maximum Gasteiger partial charge on any atom is 0.129 e. The molecule has 0 aliphatic rings. The number of rotatable bonds is 3. The number of hydrogen-bond donors (Lipinski definition) is 1. The average molecular weight is 197 g/mol. The fourth-order valence-corrected chi connectivity index (χ4v) is 1.68. The summed E-state index contributed by atoms with van der Waals surface area (Å²) in [6, 6.07) is 0.0756. The van der Waals surface area contributed by atoms with E-state index in [2.05, 4.69) is 45.0 Å². The minimum Gasteiger partial charge on any atom is -0.317 e. The van der Waals surface area contributed by atoms with E-state index in [9.17, 15) is 0 Å².